The molecule has 0 aromatic carbocycles. The molecule has 2 heterocycles. The van der Waals surface area contributed by atoms with Crippen LogP contribution in [-0.2, 0) is 6.54 Å². The number of nitrogens with zero attached hydrogens (tertiary/aromatic N) is 4. The van der Waals surface area contributed by atoms with Crippen molar-refractivity contribution < 1.29 is 14.4 Å². The first-order chi connectivity index (χ1) is 7.18. The van der Waals surface area contributed by atoms with E-state index in [0.29, 0.717) is 12.2 Å². The lowest BCUT2D eigenvalue weighted by Gasteiger charge is -1.98. The van der Waals surface area contributed by atoms with Crippen molar-refractivity contribution in [1.29, 1.82) is 0 Å². The van der Waals surface area contributed by atoms with Gasteiger partial charge in [0.2, 0.25) is 0 Å². The number of carbonyl (C=O) groups is 1. The highest BCUT2D eigenvalue weighted by atomic mass is 16.5. The fourth-order valence-corrected chi connectivity index (χ4v) is 1.19. The Morgan fingerprint density at radius 3 is 3.00 bits per heavy atom. The van der Waals surface area contributed by atoms with E-state index in [1.165, 1.54) is 10.9 Å². The van der Waals surface area contributed by atoms with Crippen molar-refractivity contribution in [1.82, 2.24) is 20.2 Å². The molecule has 0 fully saturated rings. The Labute approximate surface area is 84.3 Å². The maximum Gasteiger partial charge on any atom is 0.358 e. The van der Waals surface area contributed by atoms with Gasteiger partial charge in [-0.3, -0.25) is 0 Å². The summed E-state index contributed by atoms with van der Waals surface area (Å²) in [6, 6.07) is 0. The molecule has 7 heteroatoms. The van der Waals surface area contributed by atoms with E-state index in [1.807, 2.05) is 0 Å². The zero-order valence-electron chi connectivity index (χ0n) is 7.91. The lowest BCUT2D eigenvalue weighted by Crippen LogP contribution is -2.05. The standard InChI is InChI=1S/C8H8N4O3/c1-5-7(8(13)14)10-11-12(5)3-6-2-9-15-4-6/h2,4H,3H2,1H3,(H,13,14). The van der Waals surface area contributed by atoms with Gasteiger partial charge in [-0.1, -0.05) is 10.4 Å². The minimum absolute atomic E-state index is 0.0357. The van der Waals surface area contributed by atoms with E-state index in [4.69, 9.17) is 5.11 Å². The number of hydrogen-bond acceptors (Lipinski definition) is 5. The first kappa shape index (κ1) is 9.38. The van der Waals surface area contributed by atoms with Crippen molar-refractivity contribution >= 4 is 5.97 Å². The number of carboxylic acid groups (broad SMARTS) is 1. The molecular weight excluding hydrogens is 200 g/mol. The zero-order valence-corrected chi connectivity index (χ0v) is 7.91. The van der Waals surface area contributed by atoms with Crippen molar-refractivity contribution in [2.45, 2.75) is 13.5 Å². The summed E-state index contributed by atoms with van der Waals surface area (Å²) in [5, 5.41) is 19.6. The highest BCUT2D eigenvalue weighted by Crippen LogP contribution is 2.06. The van der Waals surface area contributed by atoms with E-state index in [0.717, 1.165) is 5.56 Å². The Kier molecular flexibility index (Phi) is 2.20. The van der Waals surface area contributed by atoms with Crippen LogP contribution in [0.2, 0.25) is 0 Å². The van der Waals surface area contributed by atoms with Gasteiger partial charge in [-0.25, -0.2) is 9.48 Å². The number of carboxylic acids is 1. The summed E-state index contributed by atoms with van der Waals surface area (Å²) in [6.07, 6.45) is 3.02. The Bertz CT molecular complexity index is 474. The molecule has 0 saturated carbocycles. The molecule has 15 heavy (non-hydrogen) atoms. The molecule has 1 N–H and O–H groups in total. The maximum absolute atomic E-state index is 10.7. The smallest absolute Gasteiger partial charge is 0.358 e. The van der Waals surface area contributed by atoms with Gasteiger partial charge >= 0.3 is 5.97 Å². The fraction of sp³-hybridized carbons (Fsp3) is 0.250. The third kappa shape index (κ3) is 1.71. The largest absolute Gasteiger partial charge is 0.476 e. The van der Waals surface area contributed by atoms with Crippen molar-refractivity contribution in [3.8, 4) is 0 Å². The maximum atomic E-state index is 10.7. The topological polar surface area (TPSA) is 94.0 Å². The Morgan fingerprint density at radius 2 is 2.47 bits per heavy atom. The summed E-state index contributed by atoms with van der Waals surface area (Å²) >= 11 is 0. The van der Waals surface area contributed by atoms with E-state index in [1.54, 1.807) is 13.1 Å². The summed E-state index contributed by atoms with van der Waals surface area (Å²) in [6.45, 7) is 2.05. The Hall–Kier alpha value is -2.18. The van der Waals surface area contributed by atoms with Crippen molar-refractivity contribution in [3.05, 3.63) is 29.4 Å². The predicted octanol–water partition coefficient (Wildman–Crippen LogP) is 0.321. The average Bonchev–Trinajstić information content (AvgIpc) is 2.78. The van der Waals surface area contributed by atoms with Gasteiger partial charge in [0.15, 0.2) is 5.69 Å². The molecule has 0 radical (unpaired) electrons. The van der Waals surface area contributed by atoms with Crippen LogP contribution >= 0.6 is 0 Å². The summed E-state index contributed by atoms with van der Waals surface area (Å²) in [4.78, 5) is 10.7. The molecule has 78 valence electrons. The lowest BCUT2D eigenvalue weighted by molar-refractivity contribution is 0.0689. The minimum atomic E-state index is -1.08. The summed E-state index contributed by atoms with van der Waals surface area (Å²) in [7, 11) is 0. The van der Waals surface area contributed by atoms with Crippen molar-refractivity contribution in [2.75, 3.05) is 0 Å². The van der Waals surface area contributed by atoms with Crippen molar-refractivity contribution in [2.24, 2.45) is 0 Å². The molecule has 2 aromatic rings. The van der Waals surface area contributed by atoms with Crippen LogP contribution in [0.4, 0.5) is 0 Å². The van der Waals surface area contributed by atoms with Crippen molar-refractivity contribution in [3.63, 3.8) is 0 Å². The number of rotatable bonds is 3. The minimum Gasteiger partial charge on any atom is -0.476 e. The van der Waals surface area contributed by atoms with Gasteiger partial charge < -0.3 is 9.63 Å². The molecule has 2 aromatic heterocycles. The second-order valence-electron chi connectivity index (χ2n) is 3.02. The van der Waals surface area contributed by atoms with Gasteiger partial charge in [-0.05, 0) is 6.92 Å². The van der Waals surface area contributed by atoms with E-state index in [-0.39, 0.29) is 5.69 Å². The SMILES string of the molecule is Cc1c(C(=O)O)nnn1Cc1cnoc1. The van der Waals surface area contributed by atoms with Gasteiger partial charge in [0, 0.05) is 5.56 Å². The van der Waals surface area contributed by atoms with Crippen LogP contribution < -0.4 is 0 Å². The van der Waals surface area contributed by atoms with Crippen LogP contribution in [-0.4, -0.2) is 31.2 Å². The van der Waals surface area contributed by atoms with Crippen LogP contribution in [0.3, 0.4) is 0 Å². The molecule has 0 atom stereocenters. The van der Waals surface area contributed by atoms with E-state index >= 15 is 0 Å². The molecule has 7 nitrogen and oxygen atoms in total. The number of hydrogen-bond donors (Lipinski definition) is 1. The lowest BCUT2D eigenvalue weighted by atomic mass is 10.3. The predicted molar refractivity (Wildman–Crippen MR) is 47.3 cm³/mol. The summed E-state index contributed by atoms with van der Waals surface area (Å²) < 4.78 is 6.14. The van der Waals surface area contributed by atoms with Crippen LogP contribution in [0.1, 0.15) is 21.7 Å². The van der Waals surface area contributed by atoms with Gasteiger partial charge in [-0.15, -0.1) is 5.10 Å². The molecule has 2 rings (SSSR count). The van der Waals surface area contributed by atoms with Crippen LogP contribution in [0.5, 0.6) is 0 Å². The highest BCUT2D eigenvalue weighted by molar-refractivity contribution is 5.86. The Morgan fingerprint density at radius 1 is 1.67 bits per heavy atom. The van der Waals surface area contributed by atoms with Crippen LogP contribution in [0, 0.1) is 6.92 Å². The molecular formula is C8H8N4O3. The zero-order chi connectivity index (χ0) is 10.8. The fourth-order valence-electron chi connectivity index (χ4n) is 1.19. The Balaban J connectivity index is 2.27. The normalized spacial score (nSPS) is 10.5. The second kappa shape index (κ2) is 3.52. The molecule has 0 aliphatic rings. The third-order valence-corrected chi connectivity index (χ3v) is 2.00. The summed E-state index contributed by atoms with van der Waals surface area (Å²) in [5.74, 6) is -1.08. The number of aromatic carboxylic acids is 1. The van der Waals surface area contributed by atoms with E-state index < -0.39 is 5.97 Å². The molecule has 0 saturated heterocycles. The quantitative estimate of drug-likeness (QED) is 0.780. The molecule has 0 bridgehead atoms. The average molecular weight is 208 g/mol. The number of aromatic nitrogens is 4. The van der Waals surface area contributed by atoms with Crippen LogP contribution in [0.15, 0.2) is 17.0 Å². The third-order valence-electron chi connectivity index (χ3n) is 2.00. The van der Waals surface area contributed by atoms with Gasteiger partial charge in [0.25, 0.3) is 0 Å². The first-order valence-electron chi connectivity index (χ1n) is 4.20. The monoisotopic (exact) mass is 208 g/mol. The van der Waals surface area contributed by atoms with Gasteiger partial charge in [0.05, 0.1) is 18.4 Å². The molecule has 0 unspecified atom stereocenters. The van der Waals surface area contributed by atoms with E-state index in [9.17, 15) is 4.79 Å². The molecule has 0 aliphatic carbocycles. The molecule has 0 spiro atoms. The first-order valence-corrected chi connectivity index (χ1v) is 4.20. The van der Waals surface area contributed by atoms with Crippen LogP contribution in [0.25, 0.3) is 0 Å². The van der Waals surface area contributed by atoms with E-state index in [2.05, 4.69) is 20.0 Å². The second-order valence-corrected chi connectivity index (χ2v) is 3.02. The van der Waals surface area contributed by atoms with Gasteiger partial charge in [-0.2, -0.15) is 0 Å². The van der Waals surface area contributed by atoms with Gasteiger partial charge in [0.1, 0.15) is 6.26 Å². The molecule has 0 aliphatic heterocycles. The summed E-state index contributed by atoms with van der Waals surface area (Å²) in [5.41, 5.74) is 1.27. The highest BCUT2D eigenvalue weighted by Gasteiger charge is 2.15. The molecule has 0 amide bonds.